The molecule has 1 aromatic carbocycles. The molecular formula is C14H10Cl2N4O. The number of hydrogen-bond acceptors (Lipinski definition) is 3. The van der Waals surface area contributed by atoms with E-state index in [1.807, 2.05) is 6.07 Å². The fourth-order valence-electron chi connectivity index (χ4n) is 2.22. The second kappa shape index (κ2) is 5.71. The predicted molar refractivity (Wildman–Crippen MR) is 79.9 cm³/mol. The zero-order valence-electron chi connectivity index (χ0n) is 10.7. The summed E-state index contributed by atoms with van der Waals surface area (Å²) >= 11 is 12.1. The fourth-order valence-corrected chi connectivity index (χ4v) is 2.53. The lowest BCUT2D eigenvalue weighted by Crippen LogP contribution is -2.14. The molecule has 0 aliphatic carbocycles. The highest BCUT2D eigenvalue weighted by molar-refractivity contribution is 6.42. The maximum absolute atomic E-state index is 11.2. The van der Waals surface area contributed by atoms with Crippen LogP contribution in [0.25, 0.3) is 0 Å². The van der Waals surface area contributed by atoms with Crippen molar-refractivity contribution < 1.29 is 4.79 Å². The molecule has 2 heterocycles. The van der Waals surface area contributed by atoms with Crippen LogP contribution < -0.4 is 0 Å². The Labute approximate surface area is 130 Å². The SMILES string of the molecule is O=Cc1nccn1C(c1ccc(Cl)c(Cl)c1)c1cnc[nH]1. The van der Waals surface area contributed by atoms with E-state index in [-0.39, 0.29) is 6.04 Å². The lowest BCUT2D eigenvalue weighted by Gasteiger charge is -2.19. The zero-order chi connectivity index (χ0) is 14.8. The number of aromatic nitrogens is 4. The molecule has 0 saturated carbocycles. The Kier molecular flexibility index (Phi) is 3.77. The first kappa shape index (κ1) is 13.9. The average molecular weight is 321 g/mol. The lowest BCUT2D eigenvalue weighted by atomic mass is 10.0. The van der Waals surface area contributed by atoms with E-state index < -0.39 is 0 Å². The van der Waals surface area contributed by atoms with Crippen molar-refractivity contribution in [1.29, 1.82) is 0 Å². The molecule has 0 aliphatic heterocycles. The summed E-state index contributed by atoms with van der Waals surface area (Å²) in [6, 6.07) is 5.06. The summed E-state index contributed by atoms with van der Waals surface area (Å²) in [5.41, 5.74) is 1.68. The molecule has 0 spiro atoms. The van der Waals surface area contributed by atoms with Crippen LogP contribution in [0.1, 0.15) is 27.9 Å². The summed E-state index contributed by atoms with van der Waals surface area (Å²) < 4.78 is 1.75. The number of imidazole rings is 2. The Morgan fingerprint density at radius 3 is 2.81 bits per heavy atom. The molecule has 1 atom stereocenters. The minimum absolute atomic E-state index is 0.287. The molecule has 0 saturated heterocycles. The Bertz CT molecular complexity index is 767. The Morgan fingerprint density at radius 2 is 2.14 bits per heavy atom. The van der Waals surface area contributed by atoms with Gasteiger partial charge in [0.25, 0.3) is 0 Å². The molecular weight excluding hydrogens is 311 g/mol. The van der Waals surface area contributed by atoms with Gasteiger partial charge in [-0.05, 0) is 17.7 Å². The third-order valence-corrected chi connectivity index (χ3v) is 3.89. The first-order chi connectivity index (χ1) is 10.2. The largest absolute Gasteiger partial charge is 0.346 e. The number of aromatic amines is 1. The molecule has 2 aromatic heterocycles. The van der Waals surface area contributed by atoms with Gasteiger partial charge in [-0.3, -0.25) is 4.79 Å². The quantitative estimate of drug-likeness (QED) is 0.750. The fraction of sp³-hybridized carbons (Fsp3) is 0.0714. The van der Waals surface area contributed by atoms with Gasteiger partial charge in [0.05, 0.1) is 28.3 Å². The number of nitrogens with one attached hydrogen (secondary N) is 1. The summed E-state index contributed by atoms with van der Waals surface area (Å²) in [6.45, 7) is 0. The van der Waals surface area contributed by atoms with E-state index in [1.54, 1.807) is 41.6 Å². The van der Waals surface area contributed by atoms with E-state index in [4.69, 9.17) is 23.2 Å². The highest BCUT2D eigenvalue weighted by Gasteiger charge is 2.21. The molecule has 21 heavy (non-hydrogen) atoms. The van der Waals surface area contributed by atoms with Crippen molar-refractivity contribution in [3.8, 4) is 0 Å². The zero-order valence-corrected chi connectivity index (χ0v) is 12.2. The number of hydrogen-bond donors (Lipinski definition) is 1. The predicted octanol–water partition coefficient (Wildman–Crippen LogP) is 3.36. The number of H-pyrrole nitrogens is 1. The molecule has 0 radical (unpaired) electrons. The van der Waals surface area contributed by atoms with Crippen LogP contribution in [0.4, 0.5) is 0 Å². The van der Waals surface area contributed by atoms with Crippen molar-refractivity contribution in [2.24, 2.45) is 0 Å². The number of rotatable bonds is 4. The number of carbonyl (C=O) groups excluding carboxylic acids is 1. The first-order valence-electron chi connectivity index (χ1n) is 6.12. The Morgan fingerprint density at radius 1 is 1.29 bits per heavy atom. The Balaban J connectivity index is 2.17. The van der Waals surface area contributed by atoms with E-state index in [0.717, 1.165) is 11.3 Å². The summed E-state index contributed by atoms with van der Waals surface area (Å²) in [5.74, 6) is 0.320. The average Bonchev–Trinajstić information content (AvgIpc) is 3.15. The van der Waals surface area contributed by atoms with Crippen molar-refractivity contribution in [1.82, 2.24) is 19.5 Å². The number of nitrogens with zero attached hydrogens (tertiary/aromatic N) is 3. The van der Waals surface area contributed by atoms with Crippen LogP contribution in [0.2, 0.25) is 10.0 Å². The maximum Gasteiger partial charge on any atom is 0.185 e. The van der Waals surface area contributed by atoms with Crippen LogP contribution in [-0.2, 0) is 0 Å². The van der Waals surface area contributed by atoms with Gasteiger partial charge in [-0.25, -0.2) is 9.97 Å². The molecule has 0 amide bonds. The van der Waals surface area contributed by atoms with Crippen LogP contribution in [0, 0.1) is 0 Å². The number of halogens is 2. The van der Waals surface area contributed by atoms with Gasteiger partial charge in [0.15, 0.2) is 12.1 Å². The number of benzene rings is 1. The topological polar surface area (TPSA) is 63.6 Å². The molecule has 1 unspecified atom stereocenters. The highest BCUT2D eigenvalue weighted by atomic mass is 35.5. The minimum Gasteiger partial charge on any atom is -0.346 e. The molecule has 3 rings (SSSR count). The van der Waals surface area contributed by atoms with Crippen LogP contribution in [-0.4, -0.2) is 25.8 Å². The third-order valence-electron chi connectivity index (χ3n) is 3.16. The van der Waals surface area contributed by atoms with Crippen molar-refractivity contribution in [3.63, 3.8) is 0 Å². The van der Waals surface area contributed by atoms with E-state index in [9.17, 15) is 4.79 Å². The third kappa shape index (κ3) is 2.57. The van der Waals surface area contributed by atoms with Gasteiger partial charge in [0.1, 0.15) is 6.04 Å². The summed E-state index contributed by atoms with van der Waals surface area (Å²) in [5, 5.41) is 0.927. The Hall–Kier alpha value is -2.11. The van der Waals surface area contributed by atoms with Crippen molar-refractivity contribution in [2.75, 3.05) is 0 Å². The van der Waals surface area contributed by atoms with Gasteiger partial charge < -0.3 is 9.55 Å². The maximum atomic E-state index is 11.2. The second-order valence-corrected chi connectivity index (χ2v) is 5.21. The van der Waals surface area contributed by atoms with Gasteiger partial charge in [-0.2, -0.15) is 0 Å². The van der Waals surface area contributed by atoms with Gasteiger partial charge >= 0.3 is 0 Å². The lowest BCUT2D eigenvalue weighted by molar-refractivity contribution is 0.111. The van der Waals surface area contributed by atoms with E-state index in [1.165, 1.54) is 0 Å². The molecule has 5 nitrogen and oxygen atoms in total. The molecule has 7 heteroatoms. The van der Waals surface area contributed by atoms with Gasteiger partial charge in [-0.1, -0.05) is 29.3 Å². The first-order valence-corrected chi connectivity index (χ1v) is 6.87. The van der Waals surface area contributed by atoms with Gasteiger partial charge in [0.2, 0.25) is 0 Å². The monoisotopic (exact) mass is 320 g/mol. The minimum atomic E-state index is -0.287. The smallest absolute Gasteiger partial charge is 0.185 e. The summed E-state index contributed by atoms with van der Waals surface area (Å²) in [6.07, 6.45) is 7.29. The van der Waals surface area contributed by atoms with E-state index in [2.05, 4.69) is 15.0 Å². The van der Waals surface area contributed by atoms with Crippen molar-refractivity contribution in [2.45, 2.75) is 6.04 Å². The molecule has 0 fully saturated rings. The standard InChI is InChI=1S/C14H10Cl2N4O/c15-10-2-1-9(5-11(10)16)14(12-6-17-8-19-12)20-4-3-18-13(20)7-21/h1-8,14H,(H,17,19). The van der Waals surface area contributed by atoms with Crippen molar-refractivity contribution >= 4 is 29.5 Å². The van der Waals surface area contributed by atoms with Crippen LogP contribution in [0.5, 0.6) is 0 Å². The molecule has 1 N–H and O–H groups in total. The number of carbonyl (C=O) groups is 1. The van der Waals surface area contributed by atoms with Crippen molar-refractivity contribution in [3.05, 3.63) is 70.2 Å². The number of aldehydes is 1. The van der Waals surface area contributed by atoms with Crippen LogP contribution in [0.15, 0.2) is 43.1 Å². The van der Waals surface area contributed by atoms with Crippen LogP contribution in [0.3, 0.4) is 0 Å². The van der Waals surface area contributed by atoms with Crippen LogP contribution >= 0.6 is 23.2 Å². The molecule has 3 aromatic rings. The normalized spacial score (nSPS) is 12.3. The summed E-state index contributed by atoms with van der Waals surface area (Å²) in [7, 11) is 0. The van der Waals surface area contributed by atoms with Gasteiger partial charge in [0, 0.05) is 12.4 Å². The second-order valence-electron chi connectivity index (χ2n) is 4.39. The molecule has 0 aliphatic rings. The van der Waals surface area contributed by atoms with E-state index >= 15 is 0 Å². The van der Waals surface area contributed by atoms with Gasteiger partial charge in [-0.15, -0.1) is 0 Å². The highest BCUT2D eigenvalue weighted by Crippen LogP contribution is 2.31. The molecule has 106 valence electrons. The van der Waals surface area contributed by atoms with E-state index in [0.29, 0.717) is 22.2 Å². The summed E-state index contributed by atoms with van der Waals surface area (Å²) in [4.78, 5) is 22.3. The molecule has 0 bridgehead atoms.